The zero-order valence-electron chi connectivity index (χ0n) is 14.5. The fourth-order valence-corrected chi connectivity index (χ4v) is 3.03. The number of hydrogen-bond acceptors (Lipinski definition) is 4. The maximum absolute atomic E-state index is 13.9. The average molecular weight is 357 g/mol. The van der Waals surface area contributed by atoms with Gasteiger partial charge in [-0.2, -0.15) is 0 Å². The molecule has 0 aliphatic carbocycles. The summed E-state index contributed by atoms with van der Waals surface area (Å²) in [7, 11) is 0. The van der Waals surface area contributed by atoms with Gasteiger partial charge in [-0.05, 0) is 37.1 Å². The minimum atomic E-state index is -0.753. The van der Waals surface area contributed by atoms with Gasteiger partial charge in [0.2, 0.25) is 0 Å². The topological polar surface area (TPSA) is 73.7 Å². The molecule has 6 nitrogen and oxygen atoms in total. The first-order valence-corrected chi connectivity index (χ1v) is 8.46. The number of aromatic hydroxyl groups is 1. The second kappa shape index (κ2) is 7.51. The van der Waals surface area contributed by atoms with E-state index in [0.29, 0.717) is 38.3 Å². The highest BCUT2D eigenvalue weighted by molar-refractivity contribution is 5.95. The summed E-state index contributed by atoms with van der Waals surface area (Å²) < 4.78 is 13.9. The van der Waals surface area contributed by atoms with Crippen molar-refractivity contribution in [2.24, 2.45) is 0 Å². The standard InChI is InChI=1S/C19H20FN3O3/c1-13-4-2-7-21-17(13)19(26)23-9-3-8-22(10-11-23)18(25)15-6-5-14(24)12-16(15)20/h2,4-7,12,24H,3,8-11H2,1H3. The van der Waals surface area contributed by atoms with Gasteiger partial charge in [-0.25, -0.2) is 4.39 Å². The first-order valence-electron chi connectivity index (χ1n) is 8.46. The number of pyridine rings is 1. The van der Waals surface area contributed by atoms with Crippen LogP contribution in [0.25, 0.3) is 0 Å². The van der Waals surface area contributed by atoms with Crippen molar-refractivity contribution in [3.63, 3.8) is 0 Å². The van der Waals surface area contributed by atoms with E-state index >= 15 is 0 Å². The summed E-state index contributed by atoms with van der Waals surface area (Å²) in [4.78, 5) is 32.6. The Hall–Kier alpha value is -2.96. The molecule has 7 heteroatoms. The number of phenols is 1. The number of benzene rings is 1. The summed E-state index contributed by atoms with van der Waals surface area (Å²) >= 11 is 0. The SMILES string of the molecule is Cc1cccnc1C(=O)N1CCCN(C(=O)c2ccc(O)cc2F)CC1. The van der Waals surface area contributed by atoms with Crippen LogP contribution in [0, 0.1) is 12.7 Å². The summed E-state index contributed by atoms with van der Waals surface area (Å²) in [6.07, 6.45) is 2.19. The van der Waals surface area contributed by atoms with Crippen LogP contribution in [-0.4, -0.2) is 57.9 Å². The Balaban J connectivity index is 1.71. The Bertz CT molecular complexity index is 841. The molecule has 0 spiro atoms. The molecule has 0 unspecified atom stereocenters. The number of aryl methyl sites for hydroxylation is 1. The molecular weight excluding hydrogens is 337 g/mol. The molecule has 1 aromatic carbocycles. The summed E-state index contributed by atoms with van der Waals surface area (Å²) in [5, 5.41) is 9.29. The van der Waals surface area contributed by atoms with Gasteiger partial charge >= 0.3 is 0 Å². The monoisotopic (exact) mass is 357 g/mol. The highest BCUT2D eigenvalue weighted by atomic mass is 19.1. The van der Waals surface area contributed by atoms with E-state index in [4.69, 9.17) is 0 Å². The summed E-state index contributed by atoms with van der Waals surface area (Å²) in [6.45, 7) is 3.46. The lowest BCUT2D eigenvalue weighted by Crippen LogP contribution is -2.38. The van der Waals surface area contributed by atoms with Gasteiger partial charge in [-0.3, -0.25) is 14.6 Å². The molecule has 3 rings (SSSR count). The van der Waals surface area contributed by atoms with Gasteiger partial charge in [0.25, 0.3) is 11.8 Å². The Labute approximate surface area is 150 Å². The zero-order chi connectivity index (χ0) is 18.7. The Morgan fingerprint density at radius 2 is 1.77 bits per heavy atom. The second-order valence-corrected chi connectivity index (χ2v) is 6.27. The van der Waals surface area contributed by atoms with E-state index in [0.717, 1.165) is 11.6 Å². The number of amides is 2. The molecule has 1 fully saturated rings. The van der Waals surface area contributed by atoms with Crippen LogP contribution in [-0.2, 0) is 0 Å². The van der Waals surface area contributed by atoms with Crippen LogP contribution in [0.2, 0.25) is 0 Å². The lowest BCUT2D eigenvalue weighted by molar-refractivity contribution is 0.0712. The summed E-state index contributed by atoms with van der Waals surface area (Å²) in [5.74, 6) is -1.58. The molecule has 2 aromatic rings. The molecule has 26 heavy (non-hydrogen) atoms. The third kappa shape index (κ3) is 3.66. The van der Waals surface area contributed by atoms with E-state index in [1.54, 1.807) is 17.2 Å². The van der Waals surface area contributed by atoms with Crippen molar-refractivity contribution in [3.05, 3.63) is 59.2 Å². The van der Waals surface area contributed by atoms with E-state index in [9.17, 15) is 19.1 Å². The van der Waals surface area contributed by atoms with Crippen LogP contribution in [0.3, 0.4) is 0 Å². The third-order valence-corrected chi connectivity index (χ3v) is 4.47. The van der Waals surface area contributed by atoms with Gasteiger partial charge in [0.1, 0.15) is 17.3 Å². The van der Waals surface area contributed by atoms with Gasteiger partial charge in [0.05, 0.1) is 5.56 Å². The fourth-order valence-electron chi connectivity index (χ4n) is 3.03. The van der Waals surface area contributed by atoms with Crippen LogP contribution in [0.1, 0.15) is 32.8 Å². The quantitative estimate of drug-likeness (QED) is 0.894. The Morgan fingerprint density at radius 1 is 1.08 bits per heavy atom. The minimum absolute atomic E-state index is 0.0804. The number of carbonyl (C=O) groups excluding carboxylic acids is 2. The predicted octanol–water partition coefficient (Wildman–Crippen LogP) is 2.22. The van der Waals surface area contributed by atoms with Crippen molar-refractivity contribution in [2.75, 3.05) is 26.2 Å². The van der Waals surface area contributed by atoms with Crippen molar-refractivity contribution in [2.45, 2.75) is 13.3 Å². The lowest BCUT2D eigenvalue weighted by Gasteiger charge is -2.22. The first-order chi connectivity index (χ1) is 12.5. The van der Waals surface area contributed by atoms with Crippen molar-refractivity contribution < 1.29 is 19.1 Å². The number of hydrogen-bond donors (Lipinski definition) is 1. The number of rotatable bonds is 2. The Kier molecular flexibility index (Phi) is 5.16. The molecule has 1 N–H and O–H groups in total. The van der Waals surface area contributed by atoms with E-state index in [1.807, 2.05) is 13.0 Å². The minimum Gasteiger partial charge on any atom is -0.508 e. The molecule has 2 amide bonds. The maximum atomic E-state index is 13.9. The highest BCUT2D eigenvalue weighted by Crippen LogP contribution is 2.18. The van der Waals surface area contributed by atoms with Gasteiger partial charge < -0.3 is 14.9 Å². The van der Waals surface area contributed by atoms with Crippen molar-refractivity contribution >= 4 is 11.8 Å². The third-order valence-electron chi connectivity index (χ3n) is 4.47. The number of halogens is 1. The first kappa shape index (κ1) is 17.8. The molecule has 0 radical (unpaired) electrons. The highest BCUT2D eigenvalue weighted by Gasteiger charge is 2.26. The smallest absolute Gasteiger partial charge is 0.272 e. The van der Waals surface area contributed by atoms with Crippen LogP contribution < -0.4 is 0 Å². The molecule has 0 bridgehead atoms. The van der Waals surface area contributed by atoms with Crippen LogP contribution in [0.5, 0.6) is 5.75 Å². The molecule has 2 heterocycles. The van der Waals surface area contributed by atoms with Crippen LogP contribution in [0.4, 0.5) is 4.39 Å². The van der Waals surface area contributed by atoms with E-state index in [1.165, 1.54) is 17.0 Å². The molecule has 1 aromatic heterocycles. The number of nitrogens with zero attached hydrogens (tertiary/aromatic N) is 3. The van der Waals surface area contributed by atoms with Crippen molar-refractivity contribution in [1.29, 1.82) is 0 Å². The summed E-state index contributed by atoms with van der Waals surface area (Å²) in [6, 6.07) is 7.10. The fraction of sp³-hybridized carbons (Fsp3) is 0.316. The molecule has 1 aliphatic heterocycles. The van der Waals surface area contributed by atoms with E-state index in [2.05, 4.69) is 4.98 Å². The Morgan fingerprint density at radius 3 is 2.42 bits per heavy atom. The van der Waals surface area contributed by atoms with Gasteiger partial charge in [-0.15, -0.1) is 0 Å². The zero-order valence-corrected chi connectivity index (χ0v) is 14.5. The molecule has 1 aliphatic rings. The van der Waals surface area contributed by atoms with Gasteiger partial charge in [0.15, 0.2) is 0 Å². The lowest BCUT2D eigenvalue weighted by atomic mass is 10.1. The average Bonchev–Trinajstić information content (AvgIpc) is 2.87. The number of aromatic nitrogens is 1. The van der Waals surface area contributed by atoms with Crippen LogP contribution >= 0.6 is 0 Å². The van der Waals surface area contributed by atoms with Gasteiger partial charge in [-0.1, -0.05) is 6.07 Å². The molecule has 0 atom stereocenters. The van der Waals surface area contributed by atoms with Gasteiger partial charge in [0, 0.05) is 38.4 Å². The largest absolute Gasteiger partial charge is 0.508 e. The summed E-state index contributed by atoms with van der Waals surface area (Å²) in [5.41, 5.74) is 1.14. The molecular formula is C19H20FN3O3. The number of carbonyl (C=O) groups is 2. The number of phenolic OH excluding ortho intramolecular Hbond substituents is 1. The maximum Gasteiger partial charge on any atom is 0.272 e. The van der Waals surface area contributed by atoms with Crippen LogP contribution in [0.15, 0.2) is 36.5 Å². The van der Waals surface area contributed by atoms with Crippen molar-refractivity contribution in [1.82, 2.24) is 14.8 Å². The predicted molar refractivity (Wildman–Crippen MR) is 93.5 cm³/mol. The molecule has 0 saturated carbocycles. The van der Waals surface area contributed by atoms with Crippen molar-refractivity contribution in [3.8, 4) is 5.75 Å². The van der Waals surface area contributed by atoms with E-state index < -0.39 is 11.7 Å². The molecule has 1 saturated heterocycles. The van der Waals surface area contributed by atoms with E-state index in [-0.39, 0.29) is 17.2 Å². The second-order valence-electron chi connectivity index (χ2n) is 6.27. The molecule has 136 valence electrons. The normalized spacial score (nSPS) is 14.8.